The molecule has 1 unspecified atom stereocenters. The summed E-state index contributed by atoms with van der Waals surface area (Å²) >= 11 is 6.18. The molecule has 5 heteroatoms. The Morgan fingerprint density at radius 1 is 1.40 bits per heavy atom. The monoisotopic (exact) mass is 296 g/mol. The molecule has 1 atom stereocenters. The minimum absolute atomic E-state index is 0.286. The quantitative estimate of drug-likeness (QED) is 0.944. The third-order valence-electron chi connectivity index (χ3n) is 3.58. The zero-order valence-corrected chi connectivity index (χ0v) is 12.8. The summed E-state index contributed by atoms with van der Waals surface area (Å²) in [7, 11) is 1.75. The lowest BCUT2D eigenvalue weighted by molar-refractivity contribution is 0.0571. The van der Waals surface area contributed by atoms with Gasteiger partial charge in [-0.2, -0.15) is 5.10 Å². The van der Waals surface area contributed by atoms with Crippen LogP contribution in [0.2, 0.25) is 5.15 Å². The Bertz CT molecular complexity index is 650. The zero-order chi connectivity index (χ0) is 15.1. The lowest BCUT2D eigenvalue weighted by atomic mass is 9.88. The van der Waals surface area contributed by atoms with Crippen molar-refractivity contribution >= 4 is 11.6 Å². The molecular formula is C15H18ClFN2O. The van der Waals surface area contributed by atoms with Crippen molar-refractivity contribution in [1.82, 2.24) is 9.78 Å². The number of aromatic nitrogens is 2. The number of halogens is 2. The molecular weight excluding hydrogens is 279 g/mol. The van der Waals surface area contributed by atoms with E-state index in [1.807, 2.05) is 6.92 Å². The molecule has 1 aromatic heterocycles. The topological polar surface area (TPSA) is 38.1 Å². The summed E-state index contributed by atoms with van der Waals surface area (Å²) in [4.78, 5) is 0. The van der Waals surface area contributed by atoms with E-state index >= 15 is 0 Å². The van der Waals surface area contributed by atoms with E-state index in [0.29, 0.717) is 16.3 Å². The molecule has 0 aliphatic rings. The van der Waals surface area contributed by atoms with Crippen LogP contribution in [0.4, 0.5) is 4.39 Å². The highest BCUT2D eigenvalue weighted by Crippen LogP contribution is 2.30. The SMILES string of the molecule is Cc1ccc(C(C)(O)Cc2c(C)nn(C)c2Cl)cc1F. The first kappa shape index (κ1) is 15.0. The van der Waals surface area contributed by atoms with Crippen LogP contribution in [0.1, 0.15) is 29.3 Å². The lowest BCUT2D eigenvalue weighted by Gasteiger charge is -2.24. The summed E-state index contributed by atoms with van der Waals surface area (Å²) < 4.78 is 15.2. The van der Waals surface area contributed by atoms with E-state index in [0.717, 1.165) is 11.3 Å². The van der Waals surface area contributed by atoms with Crippen LogP contribution in [0, 0.1) is 19.7 Å². The Morgan fingerprint density at radius 3 is 2.55 bits per heavy atom. The minimum atomic E-state index is -1.20. The molecule has 0 radical (unpaired) electrons. The summed E-state index contributed by atoms with van der Waals surface area (Å²) in [5, 5.41) is 15.4. The smallest absolute Gasteiger partial charge is 0.130 e. The summed E-state index contributed by atoms with van der Waals surface area (Å²) in [5.74, 6) is -0.322. The minimum Gasteiger partial charge on any atom is -0.385 e. The van der Waals surface area contributed by atoms with E-state index in [9.17, 15) is 9.50 Å². The predicted octanol–water partition coefficient (Wildman–Crippen LogP) is 3.28. The summed E-state index contributed by atoms with van der Waals surface area (Å²) in [6.45, 7) is 5.18. The van der Waals surface area contributed by atoms with Crippen LogP contribution in [0.25, 0.3) is 0 Å². The van der Waals surface area contributed by atoms with Crippen LogP contribution in [-0.4, -0.2) is 14.9 Å². The van der Waals surface area contributed by atoms with Gasteiger partial charge in [-0.1, -0.05) is 23.7 Å². The van der Waals surface area contributed by atoms with Crippen molar-refractivity contribution in [2.45, 2.75) is 32.8 Å². The van der Waals surface area contributed by atoms with Gasteiger partial charge in [-0.3, -0.25) is 4.68 Å². The fourth-order valence-corrected chi connectivity index (χ4v) is 2.49. The number of hydrogen-bond donors (Lipinski definition) is 1. The molecule has 0 amide bonds. The first-order valence-corrected chi connectivity index (χ1v) is 6.77. The number of aryl methyl sites for hydroxylation is 3. The van der Waals surface area contributed by atoms with Crippen molar-refractivity contribution < 1.29 is 9.50 Å². The second-order valence-corrected chi connectivity index (χ2v) is 5.75. The summed E-state index contributed by atoms with van der Waals surface area (Å²) in [6.07, 6.45) is 0.286. The van der Waals surface area contributed by atoms with E-state index in [1.54, 1.807) is 37.7 Å². The second-order valence-electron chi connectivity index (χ2n) is 5.39. The highest BCUT2D eigenvalue weighted by molar-refractivity contribution is 6.30. The Labute approximate surface area is 123 Å². The van der Waals surface area contributed by atoms with Gasteiger partial charge in [0.25, 0.3) is 0 Å². The standard InChI is InChI=1S/C15H18ClFN2O/c1-9-5-6-11(7-13(9)17)15(3,20)8-12-10(2)18-19(4)14(12)16/h5-7,20H,8H2,1-4H3. The average molecular weight is 297 g/mol. The molecule has 0 saturated carbocycles. The zero-order valence-electron chi connectivity index (χ0n) is 12.0. The average Bonchev–Trinajstić information content (AvgIpc) is 2.59. The van der Waals surface area contributed by atoms with Gasteiger partial charge in [0.2, 0.25) is 0 Å². The van der Waals surface area contributed by atoms with Crippen molar-refractivity contribution in [3.8, 4) is 0 Å². The Balaban J connectivity index is 2.37. The molecule has 1 N–H and O–H groups in total. The molecule has 0 aliphatic carbocycles. The summed E-state index contributed by atoms with van der Waals surface area (Å²) in [5.41, 5.74) is 1.43. The van der Waals surface area contributed by atoms with Crippen LogP contribution in [0.3, 0.4) is 0 Å². The highest BCUT2D eigenvalue weighted by atomic mass is 35.5. The normalized spacial score (nSPS) is 14.3. The van der Waals surface area contributed by atoms with Crippen molar-refractivity contribution in [2.24, 2.45) is 7.05 Å². The van der Waals surface area contributed by atoms with Crippen LogP contribution < -0.4 is 0 Å². The maximum Gasteiger partial charge on any atom is 0.130 e. The van der Waals surface area contributed by atoms with Crippen molar-refractivity contribution in [3.05, 3.63) is 51.6 Å². The van der Waals surface area contributed by atoms with E-state index in [2.05, 4.69) is 5.10 Å². The van der Waals surface area contributed by atoms with Gasteiger partial charge < -0.3 is 5.11 Å². The van der Waals surface area contributed by atoms with Crippen molar-refractivity contribution in [1.29, 1.82) is 0 Å². The molecule has 0 fully saturated rings. The number of nitrogens with zero attached hydrogens (tertiary/aromatic N) is 2. The Morgan fingerprint density at radius 2 is 2.05 bits per heavy atom. The van der Waals surface area contributed by atoms with E-state index in [-0.39, 0.29) is 12.2 Å². The van der Waals surface area contributed by atoms with E-state index in [1.165, 1.54) is 6.07 Å². The first-order valence-electron chi connectivity index (χ1n) is 6.39. The van der Waals surface area contributed by atoms with Crippen LogP contribution >= 0.6 is 11.6 Å². The highest BCUT2D eigenvalue weighted by Gasteiger charge is 2.27. The molecule has 3 nitrogen and oxygen atoms in total. The third kappa shape index (κ3) is 2.72. The molecule has 0 aliphatic heterocycles. The first-order chi connectivity index (χ1) is 9.22. The maximum absolute atomic E-state index is 13.7. The largest absolute Gasteiger partial charge is 0.385 e. The number of benzene rings is 1. The van der Waals surface area contributed by atoms with E-state index in [4.69, 9.17) is 11.6 Å². The van der Waals surface area contributed by atoms with Gasteiger partial charge in [0.05, 0.1) is 11.3 Å². The summed E-state index contributed by atoms with van der Waals surface area (Å²) in [6, 6.07) is 4.77. The Kier molecular flexibility index (Phi) is 3.89. The van der Waals surface area contributed by atoms with Gasteiger partial charge in [0.15, 0.2) is 0 Å². The molecule has 108 valence electrons. The lowest BCUT2D eigenvalue weighted by Crippen LogP contribution is -2.25. The molecule has 0 saturated heterocycles. The Hall–Kier alpha value is -1.39. The van der Waals surface area contributed by atoms with Gasteiger partial charge in [-0.25, -0.2) is 4.39 Å². The molecule has 20 heavy (non-hydrogen) atoms. The van der Waals surface area contributed by atoms with Gasteiger partial charge in [-0.15, -0.1) is 0 Å². The maximum atomic E-state index is 13.7. The van der Waals surface area contributed by atoms with Gasteiger partial charge in [0.1, 0.15) is 11.0 Å². The molecule has 2 rings (SSSR count). The van der Waals surface area contributed by atoms with Crippen LogP contribution in [0.15, 0.2) is 18.2 Å². The van der Waals surface area contributed by atoms with Crippen LogP contribution in [0.5, 0.6) is 0 Å². The van der Waals surface area contributed by atoms with Crippen molar-refractivity contribution in [2.75, 3.05) is 0 Å². The third-order valence-corrected chi connectivity index (χ3v) is 4.06. The number of hydrogen-bond acceptors (Lipinski definition) is 2. The second kappa shape index (κ2) is 5.19. The molecule has 0 spiro atoms. The molecule has 1 aromatic carbocycles. The van der Waals surface area contributed by atoms with Gasteiger partial charge in [-0.05, 0) is 38.0 Å². The van der Waals surface area contributed by atoms with E-state index < -0.39 is 5.60 Å². The van der Waals surface area contributed by atoms with Crippen LogP contribution in [-0.2, 0) is 19.1 Å². The van der Waals surface area contributed by atoms with Gasteiger partial charge in [0, 0.05) is 19.0 Å². The number of aliphatic hydroxyl groups is 1. The van der Waals surface area contributed by atoms with Gasteiger partial charge >= 0.3 is 0 Å². The fraction of sp³-hybridized carbons (Fsp3) is 0.400. The van der Waals surface area contributed by atoms with Crippen molar-refractivity contribution in [3.63, 3.8) is 0 Å². The number of rotatable bonds is 3. The fourth-order valence-electron chi connectivity index (χ4n) is 2.25. The molecule has 2 aromatic rings. The predicted molar refractivity (Wildman–Crippen MR) is 77.4 cm³/mol. The molecule has 1 heterocycles. The molecule has 0 bridgehead atoms.